The van der Waals surface area contributed by atoms with E-state index in [4.69, 9.17) is 5.11 Å². The zero-order chi connectivity index (χ0) is 10.2. The molecule has 0 bridgehead atoms. The Bertz CT molecular complexity index is 262. The summed E-state index contributed by atoms with van der Waals surface area (Å²) in [6.45, 7) is 0.888. The molecule has 14 heavy (non-hydrogen) atoms. The van der Waals surface area contributed by atoms with Gasteiger partial charge < -0.3 is 10.4 Å². The Morgan fingerprint density at radius 2 is 2.36 bits per heavy atom. The van der Waals surface area contributed by atoms with Gasteiger partial charge in [-0.2, -0.15) is 0 Å². The minimum Gasteiger partial charge on any atom is -0.396 e. The third-order valence-corrected chi connectivity index (χ3v) is 2.55. The highest BCUT2D eigenvalue weighted by atomic mass is 32.1. The summed E-state index contributed by atoms with van der Waals surface area (Å²) < 4.78 is 0. The third kappa shape index (κ3) is 3.85. The number of aliphatic hydroxyl groups is 1. The highest BCUT2D eigenvalue weighted by Crippen LogP contribution is 2.04. The summed E-state index contributed by atoms with van der Waals surface area (Å²) in [5, 5.41) is 11.3. The van der Waals surface area contributed by atoms with Crippen LogP contribution in [0.3, 0.4) is 0 Å². The molecule has 1 heterocycles. The lowest BCUT2D eigenvalue weighted by Gasteiger charge is -2.01. The van der Waals surface area contributed by atoms with Crippen molar-refractivity contribution in [2.75, 3.05) is 13.2 Å². The number of amides is 1. The van der Waals surface area contributed by atoms with E-state index in [-0.39, 0.29) is 12.5 Å². The smallest absolute Gasteiger partial charge is 0.262 e. The number of aromatic nitrogens is 1. The molecule has 1 aromatic heterocycles. The number of hydrogen-bond donors (Lipinski definition) is 2. The first-order valence-corrected chi connectivity index (χ1v) is 5.50. The van der Waals surface area contributed by atoms with Crippen LogP contribution in [-0.4, -0.2) is 29.1 Å². The standard InChI is InChI=1S/C9H14N2O2S/c12-5-3-1-2-4-11-9(13)8-6-10-7-14-8/h6-7,12H,1-5H2,(H,11,13). The summed E-state index contributed by atoms with van der Waals surface area (Å²) in [6.07, 6.45) is 4.22. The van der Waals surface area contributed by atoms with E-state index in [9.17, 15) is 4.79 Å². The summed E-state index contributed by atoms with van der Waals surface area (Å²) in [5.41, 5.74) is 1.64. The van der Waals surface area contributed by atoms with Crippen molar-refractivity contribution in [2.24, 2.45) is 0 Å². The van der Waals surface area contributed by atoms with Crippen LogP contribution in [0.15, 0.2) is 11.7 Å². The van der Waals surface area contributed by atoms with Crippen LogP contribution >= 0.6 is 11.3 Å². The second-order valence-electron chi connectivity index (χ2n) is 2.91. The van der Waals surface area contributed by atoms with Crippen LogP contribution in [-0.2, 0) is 0 Å². The Morgan fingerprint density at radius 3 is 3.00 bits per heavy atom. The van der Waals surface area contributed by atoms with Gasteiger partial charge in [-0.25, -0.2) is 0 Å². The van der Waals surface area contributed by atoms with Crippen LogP contribution in [0.4, 0.5) is 0 Å². The number of unbranched alkanes of at least 4 members (excludes halogenated alkanes) is 2. The van der Waals surface area contributed by atoms with Crippen LogP contribution in [0.25, 0.3) is 0 Å². The molecule has 1 aromatic rings. The van der Waals surface area contributed by atoms with E-state index in [1.165, 1.54) is 11.3 Å². The van der Waals surface area contributed by atoms with Gasteiger partial charge in [0.1, 0.15) is 4.88 Å². The lowest BCUT2D eigenvalue weighted by Crippen LogP contribution is -2.23. The maximum absolute atomic E-state index is 11.3. The Hall–Kier alpha value is -0.940. The fourth-order valence-corrected chi connectivity index (χ4v) is 1.57. The number of carbonyl (C=O) groups is 1. The number of nitrogens with zero attached hydrogens (tertiary/aromatic N) is 1. The molecule has 0 atom stereocenters. The molecule has 1 rings (SSSR count). The monoisotopic (exact) mass is 214 g/mol. The number of aliphatic hydroxyl groups excluding tert-OH is 1. The van der Waals surface area contributed by atoms with Gasteiger partial charge in [-0.1, -0.05) is 0 Å². The van der Waals surface area contributed by atoms with Gasteiger partial charge in [0.15, 0.2) is 0 Å². The van der Waals surface area contributed by atoms with Crippen LogP contribution in [0.1, 0.15) is 28.9 Å². The van der Waals surface area contributed by atoms with Gasteiger partial charge in [-0.05, 0) is 19.3 Å². The van der Waals surface area contributed by atoms with Crippen molar-refractivity contribution in [2.45, 2.75) is 19.3 Å². The molecule has 0 aliphatic carbocycles. The molecule has 0 aliphatic rings. The molecule has 0 spiro atoms. The van der Waals surface area contributed by atoms with E-state index in [1.807, 2.05) is 0 Å². The first-order chi connectivity index (χ1) is 6.84. The zero-order valence-corrected chi connectivity index (χ0v) is 8.72. The molecule has 4 nitrogen and oxygen atoms in total. The number of nitrogens with one attached hydrogen (secondary N) is 1. The molecule has 1 amide bonds. The van der Waals surface area contributed by atoms with Crippen molar-refractivity contribution >= 4 is 17.2 Å². The topological polar surface area (TPSA) is 62.2 Å². The first-order valence-electron chi connectivity index (χ1n) is 4.62. The second kappa shape index (κ2) is 6.50. The number of carbonyl (C=O) groups excluding carboxylic acids is 1. The maximum Gasteiger partial charge on any atom is 0.262 e. The maximum atomic E-state index is 11.3. The van der Waals surface area contributed by atoms with Crippen molar-refractivity contribution in [3.05, 3.63) is 16.6 Å². The molecular weight excluding hydrogens is 200 g/mol. The van der Waals surface area contributed by atoms with Crippen molar-refractivity contribution in [3.63, 3.8) is 0 Å². The van der Waals surface area contributed by atoms with E-state index in [1.54, 1.807) is 11.7 Å². The average Bonchev–Trinajstić information content (AvgIpc) is 2.70. The largest absolute Gasteiger partial charge is 0.396 e. The first kappa shape index (κ1) is 11.1. The van der Waals surface area contributed by atoms with Gasteiger partial charge in [-0.3, -0.25) is 9.78 Å². The SMILES string of the molecule is O=C(NCCCCCO)c1cncs1. The zero-order valence-electron chi connectivity index (χ0n) is 7.90. The molecule has 0 fully saturated rings. The molecule has 0 saturated heterocycles. The Morgan fingerprint density at radius 1 is 1.50 bits per heavy atom. The quantitative estimate of drug-likeness (QED) is 0.695. The van der Waals surface area contributed by atoms with E-state index < -0.39 is 0 Å². The molecule has 0 aliphatic heterocycles. The summed E-state index contributed by atoms with van der Waals surface area (Å²) in [4.78, 5) is 15.8. The number of rotatable bonds is 6. The van der Waals surface area contributed by atoms with Crippen molar-refractivity contribution in [1.29, 1.82) is 0 Å². The van der Waals surface area contributed by atoms with Crippen molar-refractivity contribution < 1.29 is 9.90 Å². The Balaban J connectivity index is 2.10. The van der Waals surface area contributed by atoms with Gasteiger partial charge in [0.25, 0.3) is 5.91 Å². The predicted molar refractivity (Wildman–Crippen MR) is 55.4 cm³/mol. The molecule has 0 aromatic carbocycles. The molecular formula is C9H14N2O2S. The van der Waals surface area contributed by atoms with E-state index in [0.717, 1.165) is 19.3 Å². The van der Waals surface area contributed by atoms with E-state index in [2.05, 4.69) is 10.3 Å². The number of thiazole rings is 1. The highest BCUT2D eigenvalue weighted by molar-refractivity contribution is 7.11. The van der Waals surface area contributed by atoms with Gasteiger partial charge >= 0.3 is 0 Å². The summed E-state index contributed by atoms with van der Waals surface area (Å²) >= 11 is 1.34. The fourth-order valence-electron chi connectivity index (χ4n) is 1.03. The molecule has 78 valence electrons. The fraction of sp³-hybridized carbons (Fsp3) is 0.556. The average molecular weight is 214 g/mol. The third-order valence-electron chi connectivity index (χ3n) is 1.78. The summed E-state index contributed by atoms with van der Waals surface area (Å²) in [6, 6.07) is 0. The van der Waals surface area contributed by atoms with Gasteiger partial charge in [0.05, 0.1) is 11.7 Å². The van der Waals surface area contributed by atoms with Crippen LogP contribution in [0.5, 0.6) is 0 Å². The Kier molecular flexibility index (Phi) is 5.17. The van der Waals surface area contributed by atoms with E-state index >= 15 is 0 Å². The molecule has 5 heteroatoms. The lowest BCUT2D eigenvalue weighted by atomic mass is 10.2. The van der Waals surface area contributed by atoms with Crippen molar-refractivity contribution in [3.8, 4) is 0 Å². The highest BCUT2D eigenvalue weighted by Gasteiger charge is 2.04. The van der Waals surface area contributed by atoms with Crippen molar-refractivity contribution in [1.82, 2.24) is 10.3 Å². The van der Waals surface area contributed by atoms with Crippen LogP contribution in [0.2, 0.25) is 0 Å². The van der Waals surface area contributed by atoms with E-state index in [0.29, 0.717) is 11.4 Å². The minimum atomic E-state index is -0.0588. The summed E-state index contributed by atoms with van der Waals surface area (Å²) in [5.74, 6) is -0.0588. The predicted octanol–water partition coefficient (Wildman–Crippen LogP) is 1.04. The number of hydrogen-bond acceptors (Lipinski definition) is 4. The van der Waals surface area contributed by atoms with Gasteiger partial charge in [0.2, 0.25) is 0 Å². The molecule has 0 unspecified atom stereocenters. The van der Waals surface area contributed by atoms with Gasteiger partial charge in [0, 0.05) is 13.2 Å². The molecule has 0 saturated carbocycles. The van der Waals surface area contributed by atoms with Gasteiger partial charge in [-0.15, -0.1) is 11.3 Å². The normalized spacial score (nSPS) is 10.1. The molecule has 2 N–H and O–H groups in total. The second-order valence-corrected chi connectivity index (χ2v) is 3.79. The Labute approximate surface area is 87.0 Å². The van der Waals surface area contributed by atoms with Crippen LogP contribution in [0, 0.1) is 0 Å². The minimum absolute atomic E-state index is 0.0588. The van der Waals surface area contributed by atoms with Crippen LogP contribution < -0.4 is 5.32 Å². The molecule has 0 radical (unpaired) electrons. The lowest BCUT2D eigenvalue weighted by molar-refractivity contribution is 0.0956. The summed E-state index contributed by atoms with van der Waals surface area (Å²) in [7, 11) is 0.